The Balaban J connectivity index is 3.38. The number of thiocarbonyl (C=S) groups is 1. The van der Waals surface area contributed by atoms with Crippen molar-refractivity contribution in [2.45, 2.75) is 33.7 Å². The van der Waals surface area contributed by atoms with Crippen LogP contribution in [0.3, 0.4) is 0 Å². The molecule has 0 fully saturated rings. The maximum Gasteiger partial charge on any atom is 0.166 e. The Morgan fingerprint density at radius 2 is 1.82 bits per heavy atom. The maximum atomic E-state index is 5.03. The second-order valence-electron chi connectivity index (χ2n) is 3.40. The van der Waals surface area contributed by atoms with Crippen LogP contribution < -0.4 is 10.6 Å². The topological polar surface area (TPSA) is 24.1 Å². The van der Waals surface area contributed by atoms with Gasteiger partial charge in [0, 0.05) is 12.6 Å². The first-order valence-electron chi connectivity index (χ1n) is 4.06. The minimum atomic E-state index is 0.419. The lowest BCUT2D eigenvalue weighted by atomic mass is 10.2. The molecule has 2 N–H and O–H groups in total. The summed E-state index contributed by atoms with van der Waals surface area (Å²) in [6.45, 7) is 9.40. The molecule has 3 heteroatoms. The van der Waals surface area contributed by atoms with Crippen LogP contribution in [0.4, 0.5) is 0 Å². The predicted molar refractivity (Wildman–Crippen MR) is 53.7 cm³/mol. The predicted octanol–water partition coefficient (Wildman–Crippen LogP) is 1.51. The Labute approximate surface area is 74.8 Å². The van der Waals surface area contributed by atoms with Gasteiger partial charge < -0.3 is 10.6 Å². The fourth-order valence-electron chi connectivity index (χ4n) is 0.610. The molecule has 0 rings (SSSR count). The van der Waals surface area contributed by atoms with Crippen LogP contribution in [0.25, 0.3) is 0 Å². The van der Waals surface area contributed by atoms with Crippen molar-refractivity contribution in [1.82, 2.24) is 10.6 Å². The van der Waals surface area contributed by atoms with Crippen molar-refractivity contribution in [3.8, 4) is 0 Å². The van der Waals surface area contributed by atoms with E-state index in [0.29, 0.717) is 12.0 Å². The Kier molecular flexibility index (Phi) is 5.20. The summed E-state index contributed by atoms with van der Waals surface area (Å²) in [5.41, 5.74) is 0. The first kappa shape index (κ1) is 10.7. The molecule has 0 bridgehead atoms. The van der Waals surface area contributed by atoms with Gasteiger partial charge in [-0.25, -0.2) is 0 Å². The molecular formula is C8H18N2S. The molecule has 0 radical (unpaired) electrons. The minimum absolute atomic E-state index is 0.419. The summed E-state index contributed by atoms with van der Waals surface area (Å²) < 4.78 is 0. The van der Waals surface area contributed by atoms with Crippen LogP contribution in [0.1, 0.15) is 27.7 Å². The van der Waals surface area contributed by atoms with E-state index in [1.165, 1.54) is 0 Å². The molecule has 0 unspecified atom stereocenters. The Bertz CT molecular complexity index is 121. The molecule has 0 aliphatic heterocycles. The van der Waals surface area contributed by atoms with E-state index in [9.17, 15) is 0 Å². The van der Waals surface area contributed by atoms with Crippen molar-refractivity contribution in [3.63, 3.8) is 0 Å². The monoisotopic (exact) mass is 174 g/mol. The molecule has 0 aromatic heterocycles. The lowest BCUT2D eigenvalue weighted by Crippen LogP contribution is -2.40. The molecule has 0 atom stereocenters. The summed E-state index contributed by atoms with van der Waals surface area (Å²) in [6, 6.07) is 0.419. The van der Waals surface area contributed by atoms with Gasteiger partial charge in [-0.15, -0.1) is 0 Å². The van der Waals surface area contributed by atoms with Gasteiger partial charge >= 0.3 is 0 Å². The van der Waals surface area contributed by atoms with E-state index in [1.807, 2.05) is 0 Å². The van der Waals surface area contributed by atoms with E-state index in [0.717, 1.165) is 11.7 Å². The maximum absolute atomic E-state index is 5.03. The van der Waals surface area contributed by atoms with Gasteiger partial charge in [-0.1, -0.05) is 13.8 Å². The van der Waals surface area contributed by atoms with Crippen molar-refractivity contribution in [1.29, 1.82) is 0 Å². The molecule has 0 aromatic carbocycles. The normalized spacial score (nSPS) is 10.4. The molecule has 0 spiro atoms. The van der Waals surface area contributed by atoms with Gasteiger partial charge in [-0.05, 0) is 32.0 Å². The van der Waals surface area contributed by atoms with Crippen LogP contribution in [0.5, 0.6) is 0 Å². The average molecular weight is 174 g/mol. The molecule has 0 saturated carbocycles. The first-order valence-corrected chi connectivity index (χ1v) is 4.47. The third-order valence-corrected chi connectivity index (χ3v) is 1.35. The van der Waals surface area contributed by atoms with Gasteiger partial charge in [0.25, 0.3) is 0 Å². The standard InChI is InChI=1S/C8H18N2S/c1-6(2)5-9-8(11)10-7(3)4/h6-7H,5H2,1-4H3,(H2,9,10,11). The van der Waals surface area contributed by atoms with Gasteiger partial charge in [0.05, 0.1) is 0 Å². The summed E-state index contributed by atoms with van der Waals surface area (Å²) in [4.78, 5) is 0. The second kappa shape index (κ2) is 5.35. The van der Waals surface area contributed by atoms with Crippen LogP contribution in [0.2, 0.25) is 0 Å². The van der Waals surface area contributed by atoms with E-state index >= 15 is 0 Å². The molecule has 2 nitrogen and oxygen atoms in total. The summed E-state index contributed by atoms with van der Waals surface area (Å²) in [5.74, 6) is 0.641. The van der Waals surface area contributed by atoms with Gasteiger partial charge in [0.2, 0.25) is 0 Å². The van der Waals surface area contributed by atoms with Crippen molar-refractivity contribution in [2.24, 2.45) is 5.92 Å². The van der Waals surface area contributed by atoms with Crippen molar-refractivity contribution >= 4 is 17.3 Å². The Hall–Kier alpha value is -0.310. The summed E-state index contributed by atoms with van der Waals surface area (Å²) >= 11 is 5.03. The third-order valence-electron chi connectivity index (χ3n) is 1.09. The highest BCUT2D eigenvalue weighted by Gasteiger charge is 1.98. The van der Waals surface area contributed by atoms with Crippen molar-refractivity contribution in [3.05, 3.63) is 0 Å². The molecule has 0 saturated heterocycles. The van der Waals surface area contributed by atoms with E-state index in [1.54, 1.807) is 0 Å². The molecule has 0 heterocycles. The number of nitrogens with one attached hydrogen (secondary N) is 2. The van der Waals surface area contributed by atoms with Crippen LogP contribution >= 0.6 is 12.2 Å². The van der Waals surface area contributed by atoms with Crippen molar-refractivity contribution in [2.75, 3.05) is 6.54 Å². The zero-order valence-corrected chi connectivity index (χ0v) is 8.59. The Morgan fingerprint density at radius 1 is 1.27 bits per heavy atom. The number of hydrogen-bond donors (Lipinski definition) is 2. The van der Waals surface area contributed by atoms with Gasteiger partial charge in [0.15, 0.2) is 5.11 Å². The fourth-order valence-corrected chi connectivity index (χ4v) is 0.929. The fraction of sp³-hybridized carbons (Fsp3) is 0.875. The third kappa shape index (κ3) is 7.59. The molecule has 11 heavy (non-hydrogen) atoms. The van der Waals surface area contributed by atoms with Crippen LogP contribution in [0.15, 0.2) is 0 Å². The van der Waals surface area contributed by atoms with Crippen LogP contribution in [0, 0.1) is 5.92 Å². The Morgan fingerprint density at radius 3 is 2.18 bits per heavy atom. The zero-order valence-electron chi connectivity index (χ0n) is 7.77. The zero-order chi connectivity index (χ0) is 8.85. The SMILES string of the molecule is CC(C)CNC(=S)NC(C)C. The summed E-state index contributed by atoms with van der Waals surface area (Å²) in [7, 11) is 0. The van der Waals surface area contributed by atoms with E-state index in [2.05, 4.69) is 38.3 Å². The minimum Gasteiger partial charge on any atom is -0.362 e. The summed E-state index contributed by atoms with van der Waals surface area (Å²) in [5, 5.41) is 7.01. The molecule has 66 valence electrons. The first-order chi connectivity index (χ1) is 5.02. The lowest BCUT2D eigenvalue weighted by Gasteiger charge is -2.14. The largest absolute Gasteiger partial charge is 0.362 e. The van der Waals surface area contributed by atoms with Gasteiger partial charge in [0.1, 0.15) is 0 Å². The van der Waals surface area contributed by atoms with Gasteiger partial charge in [-0.2, -0.15) is 0 Å². The quantitative estimate of drug-likeness (QED) is 0.634. The summed E-state index contributed by atoms with van der Waals surface area (Å²) in [6.07, 6.45) is 0. The van der Waals surface area contributed by atoms with Crippen molar-refractivity contribution < 1.29 is 0 Å². The average Bonchev–Trinajstić information content (AvgIpc) is 1.82. The van der Waals surface area contributed by atoms with E-state index < -0.39 is 0 Å². The van der Waals surface area contributed by atoms with Crippen LogP contribution in [-0.2, 0) is 0 Å². The highest BCUT2D eigenvalue weighted by molar-refractivity contribution is 7.80. The molecule has 0 amide bonds. The second-order valence-corrected chi connectivity index (χ2v) is 3.81. The molecular weight excluding hydrogens is 156 g/mol. The van der Waals surface area contributed by atoms with Crippen LogP contribution in [-0.4, -0.2) is 17.7 Å². The molecule has 0 aliphatic carbocycles. The van der Waals surface area contributed by atoms with Gasteiger partial charge in [-0.3, -0.25) is 0 Å². The smallest absolute Gasteiger partial charge is 0.166 e. The number of hydrogen-bond acceptors (Lipinski definition) is 1. The highest BCUT2D eigenvalue weighted by atomic mass is 32.1. The lowest BCUT2D eigenvalue weighted by molar-refractivity contribution is 0.611. The van der Waals surface area contributed by atoms with E-state index in [4.69, 9.17) is 12.2 Å². The van der Waals surface area contributed by atoms with E-state index in [-0.39, 0.29) is 0 Å². The number of rotatable bonds is 3. The highest BCUT2D eigenvalue weighted by Crippen LogP contribution is 1.87. The molecule has 0 aromatic rings. The molecule has 0 aliphatic rings.